The summed E-state index contributed by atoms with van der Waals surface area (Å²) in [5.41, 5.74) is 1.53. The molecular formula is C20H31N3O4. The number of piperazine rings is 1. The first-order valence-corrected chi connectivity index (χ1v) is 9.75. The van der Waals surface area contributed by atoms with Crippen molar-refractivity contribution < 1.29 is 19.7 Å². The second kappa shape index (κ2) is 8.35. The molecule has 2 N–H and O–H groups in total. The van der Waals surface area contributed by atoms with E-state index in [9.17, 15) is 15.0 Å². The van der Waals surface area contributed by atoms with Crippen LogP contribution in [0.4, 0.5) is 0 Å². The first kappa shape index (κ1) is 19.8. The van der Waals surface area contributed by atoms with Crippen LogP contribution in [0.3, 0.4) is 0 Å². The SMILES string of the molecule is CC(C)C(=O)OC(CN1CCN(C)CC1)Cn1c(O)c2c(c1O)CC=CC2. The lowest BCUT2D eigenvalue weighted by atomic mass is 10.0. The minimum absolute atomic E-state index is 0.0795. The lowest BCUT2D eigenvalue weighted by Gasteiger charge is -2.34. The highest BCUT2D eigenvalue weighted by Crippen LogP contribution is 2.37. The van der Waals surface area contributed by atoms with Gasteiger partial charge in [-0.2, -0.15) is 0 Å². The Kier molecular flexibility index (Phi) is 6.11. The van der Waals surface area contributed by atoms with E-state index in [0.717, 1.165) is 37.3 Å². The molecule has 2 aliphatic rings. The molecule has 27 heavy (non-hydrogen) atoms. The Bertz CT molecular complexity index is 671. The summed E-state index contributed by atoms with van der Waals surface area (Å²) < 4.78 is 7.23. The van der Waals surface area contributed by atoms with E-state index >= 15 is 0 Å². The maximum absolute atomic E-state index is 12.2. The molecule has 2 heterocycles. The summed E-state index contributed by atoms with van der Waals surface area (Å²) in [5, 5.41) is 21.2. The molecule has 1 atom stereocenters. The van der Waals surface area contributed by atoms with Gasteiger partial charge in [-0.25, -0.2) is 0 Å². The van der Waals surface area contributed by atoms with Gasteiger partial charge in [-0.1, -0.05) is 26.0 Å². The number of ether oxygens (including phenoxy) is 1. The van der Waals surface area contributed by atoms with Crippen LogP contribution in [0.15, 0.2) is 12.2 Å². The molecule has 7 nitrogen and oxygen atoms in total. The van der Waals surface area contributed by atoms with Crippen molar-refractivity contribution in [1.29, 1.82) is 0 Å². The quantitative estimate of drug-likeness (QED) is 0.576. The number of fused-ring (bicyclic) bond motifs is 1. The molecule has 1 saturated heterocycles. The number of esters is 1. The fourth-order valence-electron chi connectivity index (χ4n) is 3.66. The Labute approximate surface area is 160 Å². The summed E-state index contributed by atoms with van der Waals surface area (Å²) in [6, 6.07) is 0. The van der Waals surface area contributed by atoms with Gasteiger partial charge >= 0.3 is 5.97 Å². The predicted octanol–water partition coefficient (Wildman–Crippen LogP) is 1.37. The smallest absolute Gasteiger partial charge is 0.308 e. The Balaban J connectivity index is 1.77. The lowest BCUT2D eigenvalue weighted by molar-refractivity contribution is -0.154. The third kappa shape index (κ3) is 4.47. The van der Waals surface area contributed by atoms with Gasteiger partial charge in [0.2, 0.25) is 0 Å². The Hall–Kier alpha value is -1.99. The van der Waals surface area contributed by atoms with Gasteiger partial charge < -0.3 is 19.8 Å². The van der Waals surface area contributed by atoms with E-state index in [0.29, 0.717) is 19.4 Å². The van der Waals surface area contributed by atoms with Crippen molar-refractivity contribution in [2.24, 2.45) is 5.92 Å². The third-order valence-corrected chi connectivity index (χ3v) is 5.42. The predicted molar refractivity (Wildman–Crippen MR) is 103 cm³/mol. The number of aromatic nitrogens is 1. The van der Waals surface area contributed by atoms with Crippen LogP contribution < -0.4 is 0 Å². The maximum Gasteiger partial charge on any atom is 0.308 e. The van der Waals surface area contributed by atoms with Gasteiger partial charge in [0.1, 0.15) is 6.10 Å². The van der Waals surface area contributed by atoms with Crippen LogP contribution in [0.25, 0.3) is 0 Å². The molecule has 7 heteroatoms. The molecule has 1 fully saturated rings. The van der Waals surface area contributed by atoms with Crippen molar-refractivity contribution in [3.8, 4) is 11.8 Å². The molecule has 3 rings (SSSR count). The van der Waals surface area contributed by atoms with Crippen LogP contribution in [0.1, 0.15) is 25.0 Å². The van der Waals surface area contributed by atoms with E-state index in [4.69, 9.17) is 4.74 Å². The van der Waals surface area contributed by atoms with Crippen LogP contribution in [0.5, 0.6) is 11.8 Å². The zero-order valence-electron chi connectivity index (χ0n) is 16.5. The van der Waals surface area contributed by atoms with Gasteiger partial charge in [0, 0.05) is 43.9 Å². The van der Waals surface area contributed by atoms with Gasteiger partial charge in [0.25, 0.3) is 0 Å². The van der Waals surface area contributed by atoms with Crippen LogP contribution in [-0.4, -0.2) is 76.4 Å². The molecule has 0 spiro atoms. The number of hydrogen-bond acceptors (Lipinski definition) is 6. The second-order valence-corrected chi connectivity index (χ2v) is 7.91. The van der Waals surface area contributed by atoms with Crippen molar-refractivity contribution in [3.05, 3.63) is 23.3 Å². The number of rotatable bonds is 6. The molecule has 1 aromatic rings. The van der Waals surface area contributed by atoms with Crippen molar-refractivity contribution in [1.82, 2.24) is 14.4 Å². The van der Waals surface area contributed by atoms with E-state index in [1.165, 1.54) is 4.57 Å². The zero-order valence-corrected chi connectivity index (χ0v) is 16.5. The minimum atomic E-state index is -0.429. The van der Waals surface area contributed by atoms with E-state index in [1.54, 1.807) is 0 Å². The number of hydrogen-bond donors (Lipinski definition) is 2. The van der Waals surface area contributed by atoms with Crippen molar-refractivity contribution in [3.63, 3.8) is 0 Å². The first-order chi connectivity index (χ1) is 12.9. The molecule has 1 unspecified atom stereocenters. The summed E-state index contributed by atoms with van der Waals surface area (Å²) in [5.74, 6) is -0.317. The average Bonchev–Trinajstić information content (AvgIpc) is 2.88. The van der Waals surface area contributed by atoms with Crippen LogP contribution in [-0.2, 0) is 28.9 Å². The van der Waals surface area contributed by atoms with Gasteiger partial charge in [-0.05, 0) is 19.9 Å². The Morgan fingerprint density at radius 1 is 1.04 bits per heavy atom. The van der Waals surface area contributed by atoms with E-state index < -0.39 is 6.10 Å². The minimum Gasteiger partial charge on any atom is -0.494 e. The molecule has 0 saturated carbocycles. The highest BCUT2D eigenvalue weighted by Gasteiger charge is 2.28. The molecule has 0 amide bonds. The molecule has 150 valence electrons. The van der Waals surface area contributed by atoms with Crippen LogP contribution in [0.2, 0.25) is 0 Å². The molecule has 0 bridgehead atoms. The molecule has 0 aromatic carbocycles. The molecule has 0 radical (unpaired) electrons. The zero-order chi connectivity index (χ0) is 19.6. The maximum atomic E-state index is 12.2. The molecule has 1 aromatic heterocycles. The highest BCUT2D eigenvalue weighted by molar-refractivity contribution is 5.71. The van der Waals surface area contributed by atoms with Crippen LogP contribution in [0, 0.1) is 5.92 Å². The standard InChI is InChI=1S/C20H31N3O4/c1-14(2)20(26)27-15(12-22-10-8-21(3)9-11-22)13-23-18(24)16-6-4-5-7-17(16)19(23)25/h4-5,14-15,24-25H,6-13H2,1-3H3. The van der Waals surface area contributed by atoms with Gasteiger partial charge in [-0.3, -0.25) is 14.3 Å². The number of carbonyl (C=O) groups is 1. The molecular weight excluding hydrogens is 346 g/mol. The number of allylic oxidation sites excluding steroid dienone is 2. The normalized spacial score (nSPS) is 19.3. The first-order valence-electron chi connectivity index (χ1n) is 9.75. The largest absolute Gasteiger partial charge is 0.494 e. The van der Waals surface area contributed by atoms with Crippen molar-refractivity contribution in [2.75, 3.05) is 39.8 Å². The summed E-state index contributed by atoms with van der Waals surface area (Å²) in [7, 11) is 2.10. The second-order valence-electron chi connectivity index (χ2n) is 7.91. The number of nitrogens with zero attached hydrogens (tertiary/aromatic N) is 3. The average molecular weight is 377 g/mol. The number of carbonyl (C=O) groups excluding carboxylic acids is 1. The monoisotopic (exact) mass is 377 g/mol. The lowest BCUT2D eigenvalue weighted by Crippen LogP contribution is -2.48. The Morgan fingerprint density at radius 3 is 2.11 bits per heavy atom. The van der Waals surface area contributed by atoms with Crippen molar-refractivity contribution >= 4 is 5.97 Å². The number of aromatic hydroxyl groups is 2. The highest BCUT2D eigenvalue weighted by atomic mass is 16.5. The van der Waals surface area contributed by atoms with Gasteiger partial charge in [0.15, 0.2) is 11.8 Å². The summed E-state index contributed by atoms with van der Waals surface area (Å²) in [4.78, 5) is 16.8. The topological polar surface area (TPSA) is 78.2 Å². The third-order valence-electron chi connectivity index (χ3n) is 5.42. The van der Waals surface area contributed by atoms with Gasteiger partial charge in [0.05, 0.1) is 12.5 Å². The number of likely N-dealkylation sites (N-methyl/N-ethyl adjacent to an activating group) is 1. The molecule has 1 aliphatic heterocycles. The van der Waals surface area contributed by atoms with E-state index in [2.05, 4.69) is 16.8 Å². The van der Waals surface area contributed by atoms with E-state index in [1.807, 2.05) is 26.0 Å². The summed E-state index contributed by atoms with van der Waals surface area (Å²) in [6.45, 7) is 8.23. The van der Waals surface area contributed by atoms with Crippen LogP contribution >= 0.6 is 0 Å². The van der Waals surface area contributed by atoms with Crippen molar-refractivity contribution in [2.45, 2.75) is 39.3 Å². The fraction of sp³-hybridized carbons (Fsp3) is 0.650. The fourth-order valence-corrected chi connectivity index (χ4v) is 3.66. The summed E-state index contributed by atoms with van der Waals surface area (Å²) >= 11 is 0. The summed E-state index contributed by atoms with van der Waals surface area (Å²) in [6.07, 6.45) is 4.77. The van der Waals surface area contributed by atoms with E-state index in [-0.39, 0.29) is 30.2 Å². The molecule has 1 aliphatic carbocycles. The van der Waals surface area contributed by atoms with Gasteiger partial charge in [-0.15, -0.1) is 0 Å². The Morgan fingerprint density at radius 2 is 1.59 bits per heavy atom.